The summed E-state index contributed by atoms with van der Waals surface area (Å²) in [7, 11) is 0. The van der Waals surface area contributed by atoms with E-state index in [1.165, 1.54) is 16.9 Å². The van der Waals surface area contributed by atoms with Crippen molar-refractivity contribution in [3.63, 3.8) is 0 Å². The predicted octanol–water partition coefficient (Wildman–Crippen LogP) is 4.68. The molecule has 0 saturated heterocycles. The fourth-order valence-corrected chi connectivity index (χ4v) is 4.67. The number of hydrogen-bond donors (Lipinski definition) is 2. The van der Waals surface area contributed by atoms with Crippen LogP contribution in [0.3, 0.4) is 0 Å². The topological polar surface area (TPSA) is 97.6 Å². The van der Waals surface area contributed by atoms with Crippen molar-refractivity contribution in [1.29, 1.82) is 0 Å². The summed E-state index contributed by atoms with van der Waals surface area (Å²) >= 11 is 0. The molecule has 0 aliphatic heterocycles. The van der Waals surface area contributed by atoms with Crippen molar-refractivity contribution >= 4 is 16.9 Å². The predicted molar refractivity (Wildman–Crippen MR) is 144 cm³/mol. The molecule has 1 aromatic carbocycles. The van der Waals surface area contributed by atoms with Gasteiger partial charge in [-0.1, -0.05) is 30.3 Å². The maximum Gasteiger partial charge on any atom is 0.289 e. The van der Waals surface area contributed by atoms with E-state index >= 15 is 0 Å². The molecule has 0 atom stereocenters. The van der Waals surface area contributed by atoms with Gasteiger partial charge in [-0.25, -0.2) is 4.98 Å². The van der Waals surface area contributed by atoms with Gasteiger partial charge in [-0.05, 0) is 48.2 Å². The largest absolute Gasteiger partial charge is 0.348 e. The molecule has 0 aliphatic rings. The van der Waals surface area contributed by atoms with Crippen molar-refractivity contribution in [3.8, 4) is 0 Å². The summed E-state index contributed by atoms with van der Waals surface area (Å²) in [6.07, 6.45) is 4.87. The van der Waals surface area contributed by atoms with Crippen molar-refractivity contribution in [2.75, 3.05) is 0 Å². The smallest absolute Gasteiger partial charge is 0.289 e. The van der Waals surface area contributed by atoms with Crippen molar-refractivity contribution < 1.29 is 13.6 Å². The minimum Gasteiger partial charge on any atom is -0.348 e. The second-order valence-corrected chi connectivity index (χ2v) is 9.68. The maximum atomic E-state index is 14.5. The third kappa shape index (κ3) is 5.50. The van der Waals surface area contributed by atoms with Crippen molar-refractivity contribution in [3.05, 3.63) is 117 Å². The summed E-state index contributed by atoms with van der Waals surface area (Å²) in [6.45, 7) is 5.30. The number of alkyl halides is 2. The van der Waals surface area contributed by atoms with Crippen LogP contribution in [0, 0.1) is 13.8 Å². The van der Waals surface area contributed by atoms with Crippen LogP contribution in [0.5, 0.6) is 0 Å². The van der Waals surface area contributed by atoms with E-state index in [0.29, 0.717) is 6.54 Å². The molecule has 1 amide bonds. The number of H-pyrrole nitrogens is 1. The Labute approximate surface area is 223 Å². The minimum atomic E-state index is -3.30. The van der Waals surface area contributed by atoms with Crippen LogP contribution in [0.1, 0.15) is 50.9 Å². The lowest BCUT2D eigenvalue weighted by Crippen LogP contribution is -2.26. The molecule has 0 aliphatic carbocycles. The van der Waals surface area contributed by atoms with Crippen molar-refractivity contribution in [1.82, 2.24) is 29.6 Å². The second kappa shape index (κ2) is 10.3. The number of amides is 1. The third-order valence-electron chi connectivity index (χ3n) is 6.77. The SMILES string of the molecule is Cc1nc2[nH]ccc2c(C)c1CNC(=O)c1cn(Cc2ccc(Cn3ccccc3=O)cc2)nc1C(C)(F)F. The van der Waals surface area contributed by atoms with Gasteiger partial charge in [-0.15, -0.1) is 0 Å². The number of nitrogens with one attached hydrogen (secondary N) is 2. The highest BCUT2D eigenvalue weighted by Crippen LogP contribution is 2.29. The van der Waals surface area contributed by atoms with Crippen LogP contribution in [0.4, 0.5) is 8.78 Å². The quantitative estimate of drug-likeness (QED) is 0.305. The van der Waals surface area contributed by atoms with Gasteiger partial charge in [-0.3, -0.25) is 14.3 Å². The number of carbonyl (C=O) groups excluding carboxylic acids is 1. The number of aryl methyl sites for hydroxylation is 2. The van der Waals surface area contributed by atoms with Gasteiger partial charge in [0.1, 0.15) is 11.3 Å². The van der Waals surface area contributed by atoms with Crippen LogP contribution in [-0.4, -0.2) is 30.2 Å². The third-order valence-corrected chi connectivity index (χ3v) is 6.77. The Balaban J connectivity index is 1.33. The first-order chi connectivity index (χ1) is 18.6. The van der Waals surface area contributed by atoms with Crippen molar-refractivity contribution in [2.24, 2.45) is 0 Å². The lowest BCUT2D eigenvalue weighted by atomic mass is 10.0. The minimum absolute atomic E-state index is 0.0939. The Bertz CT molecular complexity index is 1710. The fraction of sp³-hybridized carbons (Fsp3) is 0.241. The maximum absolute atomic E-state index is 14.5. The Morgan fingerprint density at radius 1 is 1.05 bits per heavy atom. The summed E-state index contributed by atoms with van der Waals surface area (Å²) in [5.74, 6) is -3.93. The molecule has 200 valence electrons. The van der Waals surface area contributed by atoms with Gasteiger partial charge in [0, 0.05) is 49.2 Å². The first-order valence-electron chi connectivity index (χ1n) is 12.5. The Kier molecular flexibility index (Phi) is 6.86. The molecule has 0 unspecified atom stereocenters. The van der Waals surface area contributed by atoms with Crippen LogP contribution in [0.15, 0.2) is 71.9 Å². The lowest BCUT2D eigenvalue weighted by Gasteiger charge is -2.13. The molecule has 0 spiro atoms. The number of rotatable bonds is 8. The molecule has 5 rings (SSSR count). The standard InChI is InChI=1S/C29H28F2N6O2/c1-18-22-11-12-32-27(22)34-19(2)23(18)14-33-28(39)24-17-37(35-26(24)29(3,30)31)16-21-9-7-20(8-10-21)15-36-13-5-4-6-25(36)38/h4-13,17H,14-16H2,1-3H3,(H,32,34)(H,33,39). The van der Waals surface area contributed by atoms with E-state index in [1.807, 2.05) is 44.2 Å². The number of benzene rings is 1. The average Bonchev–Trinajstić information content (AvgIpc) is 3.54. The first-order valence-corrected chi connectivity index (χ1v) is 12.5. The van der Waals surface area contributed by atoms with Gasteiger partial charge in [0.2, 0.25) is 0 Å². The molecular formula is C29H28F2N6O2. The van der Waals surface area contributed by atoms with Gasteiger partial charge >= 0.3 is 0 Å². The molecule has 2 N–H and O–H groups in total. The number of pyridine rings is 2. The number of halogens is 2. The van der Waals surface area contributed by atoms with Crippen LogP contribution >= 0.6 is 0 Å². The van der Waals surface area contributed by atoms with Gasteiger partial charge in [0.25, 0.3) is 17.4 Å². The lowest BCUT2D eigenvalue weighted by molar-refractivity contribution is 0.0111. The number of aromatic nitrogens is 5. The summed E-state index contributed by atoms with van der Waals surface area (Å²) in [5.41, 5.74) is 4.21. The van der Waals surface area contributed by atoms with E-state index in [4.69, 9.17) is 0 Å². The number of nitrogens with zero attached hydrogens (tertiary/aromatic N) is 4. The van der Waals surface area contributed by atoms with Gasteiger partial charge < -0.3 is 14.9 Å². The van der Waals surface area contributed by atoms with Crippen molar-refractivity contribution in [2.45, 2.75) is 46.3 Å². The van der Waals surface area contributed by atoms with Gasteiger partial charge in [-0.2, -0.15) is 13.9 Å². The molecule has 0 saturated carbocycles. The van der Waals surface area contributed by atoms with E-state index in [-0.39, 0.29) is 24.2 Å². The zero-order valence-electron chi connectivity index (χ0n) is 21.8. The van der Waals surface area contributed by atoms with E-state index in [9.17, 15) is 18.4 Å². The molecule has 5 aromatic rings. The number of carbonyl (C=O) groups is 1. The molecular weight excluding hydrogens is 502 g/mol. The second-order valence-electron chi connectivity index (χ2n) is 9.68. The van der Waals surface area contributed by atoms with Gasteiger partial charge in [0.15, 0.2) is 0 Å². The Morgan fingerprint density at radius 3 is 2.46 bits per heavy atom. The normalized spacial score (nSPS) is 11.7. The monoisotopic (exact) mass is 530 g/mol. The molecule has 0 fully saturated rings. The van der Waals surface area contributed by atoms with E-state index in [1.54, 1.807) is 29.1 Å². The summed E-state index contributed by atoms with van der Waals surface area (Å²) < 4.78 is 31.9. The highest BCUT2D eigenvalue weighted by atomic mass is 19.3. The van der Waals surface area contributed by atoms with Crippen LogP contribution in [0.2, 0.25) is 0 Å². The average molecular weight is 531 g/mol. The molecule has 0 radical (unpaired) electrons. The van der Waals surface area contributed by atoms with Crippen LogP contribution < -0.4 is 10.9 Å². The Morgan fingerprint density at radius 2 is 1.77 bits per heavy atom. The summed E-state index contributed by atoms with van der Waals surface area (Å²) in [6, 6.07) is 14.4. The highest BCUT2D eigenvalue weighted by Gasteiger charge is 2.34. The summed E-state index contributed by atoms with van der Waals surface area (Å²) in [5, 5.41) is 7.79. The van der Waals surface area contributed by atoms with E-state index < -0.39 is 17.5 Å². The number of hydrogen-bond acceptors (Lipinski definition) is 4. The molecule has 10 heteroatoms. The van der Waals surface area contributed by atoms with E-state index in [0.717, 1.165) is 45.9 Å². The zero-order valence-corrected chi connectivity index (χ0v) is 21.8. The summed E-state index contributed by atoms with van der Waals surface area (Å²) in [4.78, 5) is 32.6. The molecule has 0 bridgehead atoms. The molecule has 4 heterocycles. The molecule has 8 nitrogen and oxygen atoms in total. The Hall–Kier alpha value is -4.60. The highest BCUT2D eigenvalue weighted by molar-refractivity contribution is 5.95. The first kappa shape index (κ1) is 26.0. The zero-order chi connectivity index (χ0) is 27.7. The number of aromatic amines is 1. The van der Waals surface area contributed by atoms with E-state index in [2.05, 4.69) is 20.4 Å². The molecule has 4 aromatic heterocycles. The number of fused-ring (bicyclic) bond motifs is 1. The van der Waals surface area contributed by atoms with Crippen LogP contribution in [0.25, 0.3) is 11.0 Å². The molecule has 39 heavy (non-hydrogen) atoms. The van der Waals surface area contributed by atoms with Crippen LogP contribution in [-0.2, 0) is 25.6 Å². The fourth-order valence-electron chi connectivity index (χ4n) is 4.67. The van der Waals surface area contributed by atoms with Gasteiger partial charge in [0.05, 0.1) is 18.7 Å².